The van der Waals surface area contributed by atoms with E-state index in [0.717, 1.165) is 0 Å². The van der Waals surface area contributed by atoms with Gasteiger partial charge in [-0.1, -0.05) is 12.1 Å². The lowest BCUT2D eigenvalue weighted by Crippen LogP contribution is -2.26. The fourth-order valence-electron chi connectivity index (χ4n) is 2.80. The second-order valence-electron chi connectivity index (χ2n) is 6.77. The van der Waals surface area contributed by atoms with E-state index >= 15 is 0 Å². The van der Waals surface area contributed by atoms with Gasteiger partial charge in [-0.2, -0.15) is 0 Å². The number of sulfonamides is 1. The Labute approximate surface area is 188 Å². The molecule has 0 fully saturated rings. The lowest BCUT2D eigenvalue weighted by molar-refractivity contribution is -0.384. The van der Waals surface area contributed by atoms with E-state index in [1.54, 1.807) is 24.3 Å². The van der Waals surface area contributed by atoms with Gasteiger partial charge < -0.3 is 9.52 Å². The van der Waals surface area contributed by atoms with E-state index in [9.17, 15) is 28.1 Å². The second kappa shape index (κ2) is 10.0. The average Bonchev–Trinajstić information content (AvgIpc) is 3.26. The SMILES string of the molecule is O=C(O)CCNS(=O)(=O)c1ccc(C(=O)/C=C/c2ccc(-c3cccc([N+](=O)[O-])c3)o2)cc1. The van der Waals surface area contributed by atoms with Crippen molar-refractivity contribution in [2.24, 2.45) is 0 Å². The topological polar surface area (TPSA) is 157 Å². The fourth-order valence-corrected chi connectivity index (χ4v) is 3.83. The molecule has 0 radical (unpaired) electrons. The lowest BCUT2D eigenvalue weighted by atomic mass is 10.1. The monoisotopic (exact) mass is 470 g/mol. The molecule has 33 heavy (non-hydrogen) atoms. The third-order valence-corrected chi connectivity index (χ3v) is 5.92. The molecule has 1 heterocycles. The highest BCUT2D eigenvalue weighted by molar-refractivity contribution is 7.89. The minimum Gasteiger partial charge on any atom is -0.481 e. The first-order chi connectivity index (χ1) is 15.7. The Hall–Kier alpha value is -4.09. The number of nitrogens with zero attached hydrogens (tertiary/aromatic N) is 1. The minimum absolute atomic E-state index is 0.0706. The van der Waals surface area contributed by atoms with Crippen molar-refractivity contribution >= 4 is 33.5 Å². The first kappa shape index (κ1) is 23.6. The number of allylic oxidation sites excluding steroid dienone is 1. The van der Waals surface area contributed by atoms with Crippen molar-refractivity contribution in [2.45, 2.75) is 11.3 Å². The highest BCUT2D eigenvalue weighted by atomic mass is 32.2. The number of ketones is 1. The summed E-state index contributed by atoms with van der Waals surface area (Å²) in [4.78, 5) is 33.2. The van der Waals surface area contributed by atoms with E-state index < -0.39 is 26.7 Å². The van der Waals surface area contributed by atoms with Crippen molar-refractivity contribution in [3.05, 3.63) is 88.2 Å². The fraction of sp³-hybridized carbons (Fsp3) is 0.0909. The van der Waals surface area contributed by atoms with Gasteiger partial charge in [0, 0.05) is 29.8 Å². The maximum atomic E-state index is 12.4. The quantitative estimate of drug-likeness (QED) is 0.197. The smallest absolute Gasteiger partial charge is 0.304 e. The summed E-state index contributed by atoms with van der Waals surface area (Å²) in [5.74, 6) is -0.771. The largest absolute Gasteiger partial charge is 0.481 e. The minimum atomic E-state index is -3.89. The average molecular weight is 470 g/mol. The van der Waals surface area contributed by atoms with Crippen molar-refractivity contribution in [2.75, 3.05) is 6.54 Å². The Morgan fingerprint density at radius 3 is 2.48 bits per heavy atom. The Balaban J connectivity index is 1.67. The summed E-state index contributed by atoms with van der Waals surface area (Å²) in [5.41, 5.74) is 0.684. The van der Waals surface area contributed by atoms with Crippen molar-refractivity contribution < 1.29 is 32.5 Å². The summed E-state index contributed by atoms with van der Waals surface area (Å²) >= 11 is 0. The third kappa shape index (κ3) is 6.21. The molecule has 0 unspecified atom stereocenters. The van der Waals surface area contributed by atoms with Crippen LogP contribution in [-0.4, -0.2) is 36.7 Å². The molecular weight excluding hydrogens is 452 g/mol. The highest BCUT2D eigenvalue weighted by Gasteiger charge is 2.15. The van der Waals surface area contributed by atoms with Crippen LogP contribution in [0.5, 0.6) is 0 Å². The predicted molar refractivity (Wildman–Crippen MR) is 118 cm³/mol. The standard InChI is InChI=1S/C22H18N2O8S/c25-20(15-4-8-19(9-5-15)33(30,31)23-13-12-22(26)27)10-6-18-7-11-21(32-18)16-2-1-3-17(14-16)24(28)29/h1-11,14,23H,12-13H2,(H,26,27)/b10-6+. The molecule has 1 aromatic heterocycles. The molecule has 3 rings (SSSR count). The number of nitro benzene ring substituents is 1. The van der Waals surface area contributed by atoms with Crippen LogP contribution in [0.1, 0.15) is 22.5 Å². The molecule has 10 nitrogen and oxygen atoms in total. The second-order valence-corrected chi connectivity index (χ2v) is 8.54. The van der Waals surface area contributed by atoms with Gasteiger partial charge in [0.05, 0.1) is 16.2 Å². The molecule has 170 valence electrons. The van der Waals surface area contributed by atoms with Gasteiger partial charge in [0.15, 0.2) is 5.78 Å². The van der Waals surface area contributed by atoms with Crippen LogP contribution in [0.4, 0.5) is 5.69 Å². The van der Waals surface area contributed by atoms with Gasteiger partial charge in [-0.25, -0.2) is 13.1 Å². The molecular formula is C22H18N2O8S. The summed E-state index contributed by atoms with van der Waals surface area (Å²) < 4.78 is 32.0. The van der Waals surface area contributed by atoms with Gasteiger partial charge in [0.25, 0.3) is 5.69 Å². The number of rotatable bonds is 10. The molecule has 0 saturated carbocycles. The Kier molecular flexibility index (Phi) is 7.16. The van der Waals surface area contributed by atoms with Crippen molar-refractivity contribution in [3.8, 4) is 11.3 Å². The molecule has 0 aliphatic rings. The molecule has 2 N–H and O–H groups in total. The zero-order valence-corrected chi connectivity index (χ0v) is 17.8. The van der Waals surface area contributed by atoms with Gasteiger partial charge in [-0.3, -0.25) is 19.7 Å². The number of nitro groups is 1. The molecule has 2 aromatic carbocycles. The molecule has 3 aromatic rings. The maximum Gasteiger partial charge on any atom is 0.304 e. The highest BCUT2D eigenvalue weighted by Crippen LogP contribution is 2.26. The number of carbonyl (C=O) groups is 2. The molecule has 0 atom stereocenters. The van der Waals surface area contributed by atoms with E-state index in [-0.39, 0.29) is 29.1 Å². The lowest BCUT2D eigenvalue weighted by Gasteiger charge is -2.06. The van der Waals surface area contributed by atoms with Gasteiger partial charge in [-0.15, -0.1) is 0 Å². The first-order valence-electron chi connectivity index (χ1n) is 9.54. The summed E-state index contributed by atoms with van der Waals surface area (Å²) in [6.45, 7) is -0.247. The van der Waals surface area contributed by atoms with Crippen LogP contribution in [0.25, 0.3) is 17.4 Å². The molecule has 0 saturated heterocycles. The molecule has 11 heteroatoms. The number of carbonyl (C=O) groups excluding carboxylic acids is 1. The van der Waals surface area contributed by atoms with E-state index in [1.807, 2.05) is 0 Å². The number of aliphatic carboxylic acids is 1. The summed E-state index contributed by atoms with van der Waals surface area (Å²) in [7, 11) is -3.89. The zero-order chi connectivity index (χ0) is 24.0. The predicted octanol–water partition coefficient (Wildman–Crippen LogP) is 3.50. The number of nitrogens with one attached hydrogen (secondary N) is 1. The molecule has 0 amide bonds. The van der Waals surface area contributed by atoms with E-state index in [0.29, 0.717) is 17.1 Å². The molecule has 0 aliphatic carbocycles. The van der Waals surface area contributed by atoms with E-state index in [4.69, 9.17) is 9.52 Å². The van der Waals surface area contributed by atoms with Crippen LogP contribution in [-0.2, 0) is 14.8 Å². The molecule has 0 spiro atoms. The van der Waals surface area contributed by atoms with Crippen LogP contribution >= 0.6 is 0 Å². The summed E-state index contributed by atoms with van der Waals surface area (Å²) in [6, 6.07) is 14.4. The van der Waals surface area contributed by atoms with Crippen LogP contribution < -0.4 is 4.72 Å². The summed E-state index contributed by atoms with van der Waals surface area (Å²) in [6.07, 6.45) is 2.34. The number of benzene rings is 2. The Bertz CT molecular complexity index is 1320. The van der Waals surface area contributed by atoms with Crippen LogP contribution in [0.2, 0.25) is 0 Å². The van der Waals surface area contributed by atoms with Gasteiger partial charge in [0.1, 0.15) is 11.5 Å². The molecule has 0 aliphatic heterocycles. The number of furan rings is 1. The van der Waals surface area contributed by atoms with Crippen LogP contribution in [0.15, 0.2) is 76.1 Å². The van der Waals surface area contributed by atoms with E-state index in [2.05, 4.69) is 4.72 Å². The number of hydrogen-bond acceptors (Lipinski definition) is 7. The van der Waals surface area contributed by atoms with Crippen LogP contribution in [0, 0.1) is 10.1 Å². The normalized spacial score (nSPS) is 11.5. The number of hydrogen-bond donors (Lipinski definition) is 2. The van der Waals surface area contributed by atoms with Crippen molar-refractivity contribution in [3.63, 3.8) is 0 Å². The van der Waals surface area contributed by atoms with Gasteiger partial charge >= 0.3 is 5.97 Å². The third-order valence-electron chi connectivity index (χ3n) is 4.45. The zero-order valence-electron chi connectivity index (χ0n) is 17.0. The number of carboxylic acid groups (broad SMARTS) is 1. The van der Waals surface area contributed by atoms with Gasteiger partial charge in [-0.05, 0) is 48.6 Å². The number of non-ortho nitro benzene ring substituents is 1. The van der Waals surface area contributed by atoms with Crippen molar-refractivity contribution in [1.82, 2.24) is 4.72 Å². The first-order valence-corrected chi connectivity index (χ1v) is 11.0. The summed E-state index contributed by atoms with van der Waals surface area (Å²) in [5, 5.41) is 19.5. The van der Waals surface area contributed by atoms with Crippen molar-refractivity contribution in [1.29, 1.82) is 0 Å². The maximum absolute atomic E-state index is 12.4. The van der Waals surface area contributed by atoms with Gasteiger partial charge in [0.2, 0.25) is 10.0 Å². The number of carboxylic acids is 1. The molecule has 0 bridgehead atoms. The Morgan fingerprint density at radius 1 is 1.09 bits per heavy atom. The van der Waals surface area contributed by atoms with E-state index in [1.165, 1.54) is 48.6 Å². The van der Waals surface area contributed by atoms with Crippen LogP contribution in [0.3, 0.4) is 0 Å². The Morgan fingerprint density at radius 2 is 1.82 bits per heavy atom.